The van der Waals surface area contributed by atoms with Crippen LogP contribution in [0.25, 0.3) is 17.0 Å². The molecular weight excluding hydrogens is 388 g/mol. The van der Waals surface area contributed by atoms with E-state index in [1.54, 1.807) is 31.5 Å². The quantitative estimate of drug-likeness (QED) is 0.548. The van der Waals surface area contributed by atoms with Crippen LogP contribution in [0.4, 0.5) is 0 Å². The van der Waals surface area contributed by atoms with Gasteiger partial charge in [-0.1, -0.05) is 35.9 Å². The van der Waals surface area contributed by atoms with Crippen LogP contribution in [0, 0.1) is 0 Å². The summed E-state index contributed by atoms with van der Waals surface area (Å²) in [6.45, 7) is 2.88. The number of halogens is 1. The third kappa shape index (κ3) is 5.27. The molecule has 0 saturated heterocycles. The maximum atomic E-state index is 12.2. The largest absolute Gasteiger partial charge is 0.493 e. The molecule has 3 aromatic rings. The van der Waals surface area contributed by atoms with Crippen molar-refractivity contribution in [2.45, 2.75) is 13.3 Å². The predicted molar refractivity (Wildman–Crippen MR) is 117 cm³/mol. The number of amides is 1. The number of hydrogen-bond donors (Lipinski definition) is 1. The first-order valence-corrected chi connectivity index (χ1v) is 9.79. The number of benzene rings is 2. The molecule has 0 unspecified atom stereocenters. The Kier molecular flexibility index (Phi) is 7.09. The fourth-order valence-corrected chi connectivity index (χ4v) is 3.31. The van der Waals surface area contributed by atoms with E-state index in [4.69, 9.17) is 21.1 Å². The molecule has 0 aliphatic heterocycles. The van der Waals surface area contributed by atoms with Crippen molar-refractivity contribution in [3.8, 4) is 11.5 Å². The van der Waals surface area contributed by atoms with Crippen LogP contribution < -0.4 is 14.8 Å². The fourth-order valence-electron chi connectivity index (χ4n) is 3.04. The van der Waals surface area contributed by atoms with E-state index in [1.807, 2.05) is 37.3 Å². The molecule has 0 fully saturated rings. The predicted octanol–water partition coefficient (Wildman–Crippen LogP) is 4.67. The zero-order chi connectivity index (χ0) is 20.6. The van der Waals surface area contributed by atoms with Crippen molar-refractivity contribution in [2.24, 2.45) is 0 Å². The number of fused-ring (bicyclic) bond motifs is 1. The minimum Gasteiger partial charge on any atom is -0.493 e. The van der Waals surface area contributed by atoms with Crippen molar-refractivity contribution < 1.29 is 14.3 Å². The van der Waals surface area contributed by atoms with Gasteiger partial charge < -0.3 is 14.8 Å². The number of rotatable bonds is 8. The molecule has 0 atom stereocenters. The summed E-state index contributed by atoms with van der Waals surface area (Å²) >= 11 is 6.26. The first-order chi connectivity index (χ1) is 14.1. The van der Waals surface area contributed by atoms with Gasteiger partial charge in [0.05, 0.1) is 24.3 Å². The van der Waals surface area contributed by atoms with Gasteiger partial charge in [-0.25, -0.2) is 0 Å². The highest BCUT2D eigenvalue weighted by Crippen LogP contribution is 2.36. The molecule has 0 aliphatic rings. The van der Waals surface area contributed by atoms with Crippen molar-refractivity contribution in [1.29, 1.82) is 0 Å². The molecule has 0 spiro atoms. The molecule has 1 N–H and O–H groups in total. The molecule has 0 radical (unpaired) electrons. The number of hydrogen-bond acceptors (Lipinski definition) is 4. The Morgan fingerprint density at radius 1 is 1.24 bits per heavy atom. The van der Waals surface area contributed by atoms with Crippen LogP contribution in [0.3, 0.4) is 0 Å². The first-order valence-electron chi connectivity index (χ1n) is 9.41. The van der Waals surface area contributed by atoms with Crippen LogP contribution in [0.1, 0.15) is 18.1 Å². The van der Waals surface area contributed by atoms with Crippen molar-refractivity contribution in [2.75, 3.05) is 20.3 Å². The molecule has 1 amide bonds. The Morgan fingerprint density at radius 2 is 2.07 bits per heavy atom. The van der Waals surface area contributed by atoms with Gasteiger partial charge in [-0.15, -0.1) is 0 Å². The summed E-state index contributed by atoms with van der Waals surface area (Å²) in [6.07, 6.45) is 5.66. The maximum Gasteiger partial charge on any atom is 0.244 e. The van der Waals surface area contributed by atoms with Gasteiger partial charge in [0.1, 0.15) is 0 Å². The number of methoxy groups -OCH3 is 1. The van der Waals surface area contributed by atoms with Gasteiger partial charge in [0.15, 0.2) is 11.5 Å². The number of nitrogens with one attached hydrogen (secondary N) is 1. The summed E-state index contributed by atoms with van der Waals surface area (Å²) in [4.78, 5) is 16.6. The minimum absolute atomic E-state index is 0.179. The average molecular weight is 411 g/mol. The van der Waals surface area contributed by atoms with Crippen LogP contribution in [-0.2, 0) is 11.2 Å². The standard InChI is InChI=1S/C23H23ClN2O3/c1-3-29-23-19(24)14-16(15-20(23)28-2)9-10-21(27)25-13-11-18-7-4-6-17-8-5-12-26-22(17)18/h4-10,12,14-15H,3,11,13H2,1-2H3,(H,25,27)/b10-9+. The van der Waals surface area contributed by atoms with Crippen molar-refractivity contribution in [3.05, 3.63) is 70.9 Å². The number of aromatic nitrogens is 1. The molecule has 0 aliphatic carbocycles. The van der Waals surface area contributed by atoms with Crippen molar-refractivity contribution >= 4 is 34.5 Å². The number of ether oxygens (including phenoxy) is 2. The van der Waals surface area contributed by atoms with Crippen molar-refractivity contribution in [3.63, 3.8) is 0 Å². The Labute approximate surface area is 175 Å². The van der Waals surface area contributed by atoms with Crippen LogP contribution in [-0.4, -0.2) is 31.2 Å². The van der Waals surface area contributed by atoms with E-state index in [2.05, 4.69) is 10.3 Å². The van der Waals surface area contributed by atoms with Gasteiger partial charge in [-0.05, 0) is 48.7 Å². The monoisotopic (exact) mass is 410 g/mol. The SMILES string of the molecule is CCOc1c(Cl)cc(/C=C/C(=O)NCCc2cccc3cccnc23)cc1OC. The highest BCUT2D eigenvalue weighted by molar-refractivity contribution is 6.32. The highest BCUT2D eigenvalue weighted by Gasteiger charge is 2.10. The molecule has 3 rings (SSSR count). The average Bonchev–Trinajstić information content (AvgIpc) is 2.74. The summed E-state index contributed by atoms with van der Waals surface area (Å²) in [5.74, 6) is 0.854. The topological polar surface area (TPSA) is 60.5 Å². The normalized spacial score (nSPS) is 11.0. The second-order valence-electron chi connectivity index (χ2n) is 6.33. The number of nitrogens with zero attached hydrogens (tertiary/aromatic N) is 1. The highest BCUT2D eigenvalue weighted by atomic mass is 35.5. The van der Waals surface area contributed by atoms with Crippen molar-refractivity contribution in [1.82, 2.24) is 10.3 Å². The van der Waals surface area contributed by atoms with Gasteiger partial charge in [-0.3, -0.25) is 9.78 Å². The second kappa shape index (κ2) is 9.94. The van der Waals surface area contributed by atoms with E-state index in [-0.39, 0.29) is 5.91 Å². The molecule has 0 bridgehead atoms. The van der Waals surface area contributed by atoms with Gasteiger partial charge >= 0.3 is 0 Å². The van der Waals surface area contributed by atoms with E-state index >= 15 is 0 Å². The minimum atomic E-state index is -0.179. The zero-order valence-corrected chi connectivity index (χ0v) is 17.2. The lowest BCUT2D eigenvalue weighted by Gasteiger charge is -2.11. The summed E-state index contributed by atoms with van der Waals surface area (Å²) in [6, 6.07) is 13.5. The second-order valence-corrected chi connectivity index (χ2v) is 6.74. The molecule has 2 aromatic carbocycles. The molecule has 1 aromatic heterocycles. The smallest absolute Gasteiger partial charge is 0.244 e. The summed E-state index contributed by atoms with van der Waals surface area (Å²) in [5.41, 5.74) is 2.83. The molecule has 29 heavy (non-hydrogen) atoms. The molecule has 0 saturated carbocycles. The molecule has 1 heterocycles. The van der Waals surface area contributed by atoms with E-state index in [9.17, 15) is 4.79 Å². The number of pyridine rings is 1. The molecule has 6 heteroatoms. The fraction of sp³-hybridized carbons (Fsp3) is 0.217. The van der Waals surface area contributed by atoms with Gasteiger partial charge in [0.25, 0.3) is 0 Å². The van der Waals surface area contributed by atoms with E-state index in [0.29, 0.717) is 36.1 Å². The van der Waals surface area contributed by atoms with Crippen LogP contribution in [0.2, 0.25) is 5.02 Å². The van der Waals surface area contributed by atoms with Crippen LogP contribution in [0.15, 0.2) is 54.7 Å². The van der Waals surface area contributed by atoms with Gasteiger partial charge in [0, 0.05) is 24.2 Å². The number of carbonyl (C=O) groups excluding carboxylic acids is 1. The lowest BCUT2D eigenvalue weighted by Crippen LogP contribution is -2.23. The third-order valence-electron chi connectivity index (χ3n) is 4.38. The number of carbonyl (C=O) groups is 1. The van der Waals surface area contributed by atoms with E-state index in [0.717, 1.165) is 22.0 Å². The lowest BCUT2D eigenvalue weighted by molar-refractivity contribution is -0.116. The van der Waals surface area contributed by atoms with Crippen LogP contribution in [0.5, 0.6) is 11.5 Å². The molecular formula is C23H23ClN2O3. The third-order valence-corrected chi connectivity index (χ3v) is 4.66. The van der Waals surface area contributed by atoms with E-state index < -0.39 is 0 Å². The Bertz CT molecular complexity index is 1030. The molecule has 150 valence electrons. The Hall–Kier alpha value is -3.05. The first kappa shape index (κ1) is 20.7. The molecule has 5 nitrogen and oxygen atoms in total. The summed E-state index contributed by atoms with van der Waals surface area (Å²) < 4.78 is 10.8. The van der Waals surface area contributed by atoms with Crippen LogP contribution >= 0.6 is 11.6 Å². The summed E-state index contributed by atoms with van der Waals surface area (Å²) in [5, 5.41) is 4.43. The lowest BCUT2D eigenvalue weighted by atomic mass is 10.1. The Balaban J connectivity index is 1.60. The van der Waals surface area contributed by atoms with Gasteiger partial charge in [0.2, 0.25) is 5.91 Å². The summed E-state index contributed by atoms with van der Waals surface area (Å²) in [7, 11) is 1.55. The zero-order valence-electron chi connectivity index (χ0n) is 16.4. The maximum absolute atomic E-state index is 12.2. The Morgan fingerprint density at radius 3 is 2.86 bits per heavy atom. The van der Waals surface area contributed by atoms with E-state index in [1.165, 1.54) is 6.08 Å². The number of para-hydroxylation sites is 1. The van der Waals surface area contributed by atoms with Gasteiger partial charge in [-0.2, -0.15) is 0 Å².